The normalized spacial score (nSPS) is 11.6. The third kappa shape index (κ3) is 5.21. The summed E-state index contributed by atoms with van der Waals surface area (Å²) >= 11 is 0. The molecule has 1 rings (SSSR count). The Morgan fingerprint density at radius 1 is 1.13 bits per heavy atom. The summed E-state index contributed by atoms with van der Waals surface area (Å²) in [5.41, 5.74) is 1.28. The maximum atomic E-state index is 12.3. The lowest BCUT2D eigenvalue weighted by Crippen LogP contribution is -2.23. The molecule has 130 valence electrons. The highest BCUT2D eigenvalue weighted by Gasteiger charge is 2.20. The Hall–Kier alpha value is -1.60. The largest absolute Gasteiger partial charge is 0.376 e. The molecular weight excluding hydrogens is 314 g/mol. The summed E-state index contributed by atoms with van der Waals surface area (Å²) in [5.74, 6) is -0.0963. The number of nitrogens with zero attached hydrogens (tertiary/aromatic N) is 2. The second-order valence-electron chi connectivity index (χ2n) is 5.87. The second kappa shape index (κ2) is 8.31. The van der Waals surface area contributed by atoms with E-state index in [0.29, 0.717) is 12.1 Å². The molecule has 0 aliphatic heterocycles. The van der Waals surface area contributed by atoms with Crippen LogP contribution in [0.1, 0.15) is 32.6 Å². The van der Waals surface area contributed by atoms with Crippen LogP contribution in [0.4, 0.5) is 11.4 Å². The predicted molar refractivity (Wildman–Crippen MR) is 94.4 cm³/mol. The number of nitrogens with one attached hydrogen (secondary N) is 1. The van der Waals surface area contributed by atoms with Gasteiger partial charge in [-0.05, 0) is 24.6 Å². The first-order valence-electron chi connectivity index (χ1n) is 7.74. The van der Waals surface area contributed by atoms with Crippen molar-refractivity contribution in [2.24, 2.45) is 0 Å². The topological polar surface area (TPSA) is 69.7 Å². The minimum atomic E-state index is -3.54. The molecule has 0 aliphatic rings. The molecule has 1 amide bonds. The number of hydrogen-bond donors (Lipinski definition) is 1. The maximum Gasteiger partial charge on any atom is 0.242 e. The van der Waals surface area contributed by atoms with E-state index in [9.17, 15) is 13.2 Å². The van der Waals surface area contributed by atoms with Crippen LogP contribution in [0.15, 0.2) is 23.1 Å². The first kappa shape index (κ1) is 19.4. The monoisotopic (exact) mass is 341 g/mol. The third-order valence-electron chi connectivity index (χ3n) is 3.51. The quantitative estimate of drug-likeness (QED) is 0.738. The lowest BCUT2D eigenvalue weighted by molar-refractivity contribution is -0.116. The number of sulfonamides is 1. The van der Waals surface area contributed by atoms with Crippen molar-refractivity contribution in [2.45, 2.75) is 37.5 Å². The summed E-state index contributed by atoms with van der Waals surface area (Å²) in [6, 6.07) is 4.78. The lowest BCUT2D eigenvalue weighted by Gasteiger charge is -2.20. The van der Waals surface area contributed by atoms with Gasteiger partial charge in [-0.15, -0.1) is 0 Å². The molecule has 7 heteroatoms. The minimum Gasteiger partial charge on any atom is -0.376 e. The summed E-state index contributed by atoms with van der Waals surface area (Å²) in [6.07, 6.45) is 3.32. The van der Waals surface area contributed by atoms with Crippen LogP contribution in [0, 0.1) is 0 Å². The van der Waals surface area contributed by atoms with E-state index in [1.807, 2.05) is 19.0 Å². The number of hydrogen-bond acceptors (Lipinski definition) is 4. The van der Waals surface area contributed by atoms with Crippen LogP contribution in [-0.4, -0.2) is 46.8 Å². The highest BCUT2D eigenvalue weighted by atomic mass is 32.2. The fraction of sp³-hybridized carbons (Fsp3) is 0.562. The Bertz CT molecular complexity index is 640. The van der Waals surface area contributed by atoms with Gasteiger partial charge in [-0.2, -0.15) is 0 Å². The zero-order valence-corrected chi connectivity index (χ0v) is 15.4. The van der Waals surface area contributed by atoms with Crippen LogP contribution in [0.5, 0.6) is 0 Å². The van der Waals surface area contributed by atoms with Crippen LogP contribution >= 0.6 is 0 Å². The number of rotatable bonds is 8. The molecule has 1 aromatic rings. The molecule has 0 bridgehead atoms. The fourth-order valence-corrected chi connectivity index (χ4v) is 3.05. The summed E-state index contributed by atoms with van der Waals surface area (Å²) in [5, 5.41) is 2.84. The van der Waals surface area contributed by atoms with Gasteiger partial charge in [0.2, 0.25) is 15.9 Å². The van der Waals surface area contributed by atoms with Crippen molar-refractivity contribution in [3.63, 3.8) is 0 Å². The van der Waals surface area contributed by atoms with Crippen molar-refractivity contribution in [3.05, 3.63) is 18.2 Å². The maximum absolute atomic E-state index is 12.3. The van der Waals surface area contributed by atoms with Crippen LogP contribution in [0.2, 0.25) is 0 Å². The molecule has 23 heavy (non-hydrogen) atoms. The van der Waals surface area contributed by atoms with Crippen molar-refractivity contribution in [2.75, 3.05) is 38.4 Å². The molecule has 0 aliphatic carbocycles. The molecule has 0 unspecified atom stereocenters. The van der Waals surface area contributed by atoms with Gasteiger partial charge in [0.05, 0.1) is 16.3 Å². The molecule has 1 N–H and O–H groups in total. The van der Waals surface area contributed by atoms with Crippen molar-refractivity contribution >= 4 is 27.3 Å². The molecule has 0 atom stereocenters. The standard InChI is InChI=1S/C16H27N3O3S/c1-6-7-8-9-16(20)17-14-12-13(23(21,22)19(4)5)10-11-15(14)18(2)3/h10-12H,6-9H2,1-5H3,(H,17,20). The van der Waals surface area contributed by atoms with Crippen molar-refractivity contribution in [1.82, 2.24) is 4.31 Å². The number of unbranched alkanes of at least 4 members (excludes halogenated alkanes) is 2. The van der Waals surface area contributed by atoms with Gasteiger partial charge in [0.25, 0.3) is 0 Å². The Balaban J connectivity index is 3.09. The number of benzene rings is 1. The van der Waals surface area contributed by atoms with Gasteiger partial charge in [-0.1, -0.05) is 19.8 Å². The molecule has 0 radical (unpaired) electrons. The van der Waals surface area contributed by atoms with Gasteiger partial charge in [-0.3, -0.25) is 4.79 Å². The number of anilines is 2. The highest BCUT2D eigenvalue weighted by Crippen LogP contribution is 2.28. The molecule has 0 saturated heterocycles. The van der Waals surface area contributed by atoms with E-state index in [2.05, 4.69) is 12.2 Å². The summed E-state index contributed by atoms with van der Waals surface area (Å²) < 4.78 is 25.7. The zero-order chi connectivity index (χ0) is 17.6. The van der Waals surface area contributed by atoms with E-state index in [1.54, 1.807) is 12.1 Å². The summed E-state index contributed by atoms with van der Waals surface area (Å²) in [7, 11) is 3.13. The van der Waals surface area contributed by atoms with Gasteiger partial charge < -0.3 is 10.2 Å². The molecule has 0 saturated carbocycles. The SMILES string of the molecule is CCCCCC(=O)Nc1cc(S(=O)(=O)N(C)C)ccc1N(C)C. The van der Waals surface area contributed by atoms with Crippen molar-refractivity contribution in [3.8, 4) is 0 Å². The van der Waals surface area contributed by atoms with E-state index in [-0.39, 0.29) is 10.8 Å². The van der Waals surface area contributed by atoms with Gasteiger partial charge in [0.1, 0.15) is 0 Å². The summed E-state index contributed by atoms with van der Waals surface area (Å²) in [6.45, 7) is 2.08. The molecule has 0 heterocycles. The lowest BCUT2D eigenvalue weighted by atomic mass is 10.2. The molecular formula is C16H27N3O3S. The first-order chi connectivity index (χ1) is 10.7. The third-order valence-corrected chi connectivity index (χ3v) is 5.32. The van der Waals surface area contributed by atoms with Crippen LogP contribution in [0.25, 0.3) is 0 Å². The molecule has 0 spiro atoms. The smallest absolute Gasteiger partial charge is 0.242 e. The molecule has 1 aromatic carbocycles. The molecule has 0 fully saturated rings. The van der Waals surface area contributed by atoms with Crippen LogP contribution < -0.4 is 10.2 Å². The van der Waals surface area contributed by atoms with E-state index < -0.39 is 10.0 Å². The molecule has 0 aromatic heterocycles. The average molecular weight is 341 g/mol. The van der Waals surface area contributed by atoms with Gasteiger partial charge in [0.15, 0.2) is 0 Å². The van der Waals surface area contributed by atoms with Crippen molar-refractivity contribution in [1.29, 1.82) is 0 Å². The minimum absolute atomic E-state index is 0.0963. The van der Waals surface area contributed by atoms with Crippen LogP contribution in [0.3, 0.4) is 0 Å². The zero-order valence-electron chi connectivity index (χ0n) is 14.6. The Morgan fingerprint density at radius 2 is 1.78 bits per heavy atom. The van der Waals surface area contributed by atoms with Gasteiger partial charge >= 0.3 is 0 Å². The van der Waals surface area contributed by atoms with Gasteiger partial charge in [0, 0.05) is 34.6 Å². The Morgan fingerprint density at radius 3 is 2.30 bits per heavy atom. The van der Waals surface area contributed by atoms with E-state index >= 15 is 0 Å². The average Bonchev–Trinajstić information content (AvgIpc) is 2.46. The summed E-state index contributed by atoms with van der Waals surface area (Å²) in [4.78, 5) is 14.1. The van der Waals surface area contributed by atoms with Crippen LogP contribution in [-0.2, 0) is 14.8 Å². The first-order valence-corrected chi connectivity index (χ1v) is 9.18. The Labute approximate surface area is 139 Å². The van der Waals surface area contributed by atoms with E-state index in [1.165, 1.54) is 20.2 Å². The number of amides is 1. The van der Waals surface area contributed by atoms with E-state index in [0.717, 1.165) is 29.3 Å². The van der Waals surface area contributed by atoms with Gasteiger partial charge in [-0.25, -0.2) is 12.7 Å². The fourth-order valence-electron chi connectivity index (χ4n) is 2.12. The Kier molecular flexibility index (Phi) is 7.02. The highest BCUT2D eigenvalue weighted by molar-refractivity contribution is 7.89. The molecule has 6 nitrogen and oxygen atoms in total. The van der Waals surface area contributed by atoms with Crippen molar-refractivity contribution < 1.29 is 13.2 Å². The second-order valence-corrected chi connectivity index (χ2v) is 8.02. The number of carbonyl (C=O) groups is 1. The number of carbonyl (C=O) groups excluding carboxylic acids is 1. The van der Waals surface area contributed by atoms with E-state index in [4.69, 9.17) is 0 Å². The predicted octanol–water partition coefficient (Wildman–Crippen LogP) is 2.52.